The SMILES string of the molecule is O=C(c1ccc2[nH]c(=O)c(=O)[nH]c2c1)N1CCCC(c2cccc(C(F)(F)F)c2)C1. The molecule has 0 saturated carbocycles. The Morgan fingerprint density at radius 1 is 1.00 bits per heavy atom. The number of rotatable bonds is 2. The summed E-state index contributed by atoms with van der Waals surface area (Å²) < 4.78 is 39.1. The molecule has 3 aromatic rings. The molecule has 6 nitrogen and oxygen atoms in total. The van der Waals surface area contributed by atoms with E-state index < -0.39 is 22.9 Å². The molecule has 156 valence electrons. The van der Waals surface area contributed by atoms with E-state index in [1.54, 1.807) is 17.0 Å². The third kappa shape index (κ3) is 3.87. The molecule has 0 aliphatic carbocycles. The van der Waals surface area contributed by atoms with E-state index in [0.717, 1.165) is 12.1 Å². The van der Waals surface area contributed by atoms with E-state index in [9.17, 15) is 27.6 Å². The summed E-state index contributed by atoms with van der Waals surface area (Å²) in [6.07, 6.45) is -3.05. The van der Waals surface area contributed by atoms with Crippen LogP contribution in [0.25, 0.3) is 11.0 Å². The van der Waals surface area contributed by atoms with Gasteiger partial charge in [-0.1, -0.05) is 18.2 Å². The number of piperidine rings is 1. The molecule has 0 radical (unpaired) electrons. The van der Waals surface area contributed by atoms with Crippen LogP contribution >= 0.6 is 0 Å². The van der Waals surface area contributed by atoms with Crippen LogP contribution in [0.2, 0.25) is 0 Å². The van der Waals surface area contributed by atoms with Crippen molar-refractivity contribution < 1.29 is 18.0 Å². The van der Waals surface area contributed by atoms with Gasteiger partial charge in [0, 0.05) is 24.6 Å². The predicted octanol–water partition coefficient (Wildman–Crippen LogP) is 3.26. The Labute approximate surface area is 168 Å². The second-order valence-electron chi connectivity index (χ2n) is 7.38. The fourth-order valence-electron chi connectivity index (χ4n) is 3.83. The minimum absolute atomic E-state index is 0.193. The molecule has 4 rings (SSSR count). The second-order valence-corrected chi connectivity index (χ2v) is 7.38. The molecule has 2 N–H and O–H groups in total. The van der Waals surface area contributed by atoms with Crippen molar-refractivity contribution >= 4 is 16.9 Å². The van der Waals surface area contributed by atoms with Crippen molar-refractivity contribution in [3.63, 3.8) is 0 Å². The van der Waals surface area contributed by atoms with Gasteiger partial charge in [0.1, 0.15) is 0 Å². The van der Waals surface area contributed by atoms with Gasteiger partial charge in [0.15, 0.2) is 0 Å². The van der Waals surface area contributed by atoms with Crippen LogP contribution in [0.4, 0.5) is 13.2 Å². The first-order valence-electron chi connectivity index (χ1n) is 9.45. The summed E-state index contributed by atoms with van der Waals surface area (Å²) in [5.74, 6) is -0.470. The molecule has 1 aliphatic heterocycles. The number of hydrogen-bond donors (Lipinski definition) is 2. The first-order valence-corrected chi connectivity index (χ1v) is 9.45. The lowest BCUT2D eigenvalue weighted by atomic mass is 9.89. The number of benzene rings is 2. The van der Waals surface area contributed by atoms with Crippen molar-refractivity contribution in [3.8, 4) is 0 Å². The minimum atomic E-state index is -4.41. The topological polar surface area (TPSA) is 86.0 Å². The number of nitrogens with zero attached hydrogens (tertiary/aromatic N) is 1. The lowest BCUT2D eigenvalue weighted by Crippen LogP contribution is -2.39. The van der Waals surface area contributed by atoms with E-state index in [1.165, 1.54) is 18.2 Å². The number of hydrogen-bond acceptors (Lipinski definition) is 3. The number of carbonyl (C=O) groups excluding carboxylic acids is 1. The van der Waals surface area contributed by atoms with Crippen LogP contribution < -0.4 is 11.1 Å². The summed E-state index contributed by atoms with van der Waals surface area (Å²) in [5.41, 5.74) is -0.668. The first kappa shape index (κ1) is 19.9. The number of halogens is 3. The van der Waals surface area contributed by atoms with Crippen molar-refractivity contribution in [2.45, 2.75) is 24.9 Å². The highest BCUT2D eigenvalue weighted by Crippen LogP contribution is 2.34. The smallest absolute Gasteiger partial charge is 0.338 e. The molecule has 1 aromatic heterocycles. The van der Waals surface area contributed by atoms with E-state index in [4.69, 9.17) is 0 Å². The molecule has 2 aromatic carbocycles. The Bertz CT molecular complexity index is 1230. The van der Waals surface area contributed by atoms with Crippen LogP contribution in [0.1, 0.15) is 40.2 Å². The molecule has 0 bridgehead atoms. The Hall–Kier alpha value is -3.36. The number of alkyl halides is 3. The van der Waals surface area contributed by atoms with E-state index >= 15 is 0 Å². The van der Waals surface area contributed by atoms with Gasteiger partial charge in [0.25, 0.3) is 5.91 Å². The number of fused-ring (bicyclic) bond motifs is 1. The van der Waals surface area contributed by atoms with Crippen molar-refractivity contribution in [1.82, 2.24) is 14.9 Å². The third-order valence-corrected chi connectivity index (χ3v) is 5.36. The summed E-state index contributed by atoms with van der Waals surface area (Å²) in [6, 6.07) is 9.80. The zero-order chi connectivity index (χ0) is 21.5. The quantitative estimate of drug-likeness (QED) is 0.628. The van der Waals surface area contributed by atoms with Crippen molar-refractivity contribution in [1.29, 1.82) is 0 Å². The first-order chi connectivity index (χ1) is 14.2. The molecule has 0 spiro atoms. The number of aromatic nitrogens is 2. The molecule has 9 heteroatoms. The van der Waals surface area contributed by atoms with Crippen LogP contribution in [0.5, 0.6) is 0 Å². The van der Waals surface area contributed by atoms with Gasteiger partial charge in [0.2, 0.25) is 0 Å². The molecule has 1 amide bonds. The van der Waals surface area contributed by atoms with Gasteiger partial charge in [-0.3, -0.25) is 14.4 Å². The van der Waals surface area contributed by atoms with Gasteiger partial charge in [-0.2, -0.15) is 13.2 Å². The predicted molar refractivity (Wildman–Crippen MR) is 105 cm³/mol. The highest BCUT2D eigenvalue weighted by atomic mass is 19.4. The van der Waals surface area contributed by atoms with E-state index in [-0.39, 0.29) is 11.8 Å². The Balaban J connectivity index is 1.58. The highest BCUT2D eigenvalue weighted by molar-refractivity contribution is 5.97. The zero-order valence-electron chi connectivity index (χ0n) is 15.8. The van der Waals surface area contributed by atoms with Gasteiger partial charge >= 0.3 is 17.3 Å². The summed E-state index contributed by atoms with van der Waals surface area (Å²) in [6.45, 7) is 0.800. The van der Waals surface area contributed by atoms with Crippen molar-refractivity contribution in [2.24, 2.45) is 0 Å². The molecular weight excluding hydrogens is 399 g/mol. The Morgan fingerprint density at radius 2 is 1.73 bits per heavy atom. The van der Waals surface area contributed by atoms with E-state index in [1.807, 2.05) is 0 Å². The standard InChI is InChI=1S/C21H18F3N3O3/c22-21(23,24)15-5-1-3-12(9-15)14-4-2-8-27(11-14)20(30)13-6-7-16-17(10-13)26-19(29)18(28)25-16/h1,3,5-7,9-10,14H,2,4,8,11H2,(H,25,28)(H,26,29). The molecule has 2 heterocycles. The second kappa shape index (κ2) is 7.47. The van der Waals surface area contributed by atoms with Crippen LogP contribution in [-0.4, -0.2) is 33.9 Å². The van der Waals surface area contributed by atoms with Gasteiger partial charge < -0.3 is 14.9 Å². The fraction of sp³-hybridized carbons (Fsp3) is 0.286. The number of carbonyl (C=O) groups is 1. The number of likely N-dealkylation sites (tertiary alicyclic amines) is 1. The highest BCUT2D eigenvalue weighted by Gasteiger charge is 2.32. The lowest BCUT2D eigenvalue weighted by molar-refractivity contribution is -0.137. The molecule has 1 unspecified atom stereocenters. The molecular formula is C21H18F3N3O3. The molecule has 1 atom stereocenters. The molecule has 1 aliphatic rings. The Morgan fingerprint density at radius 3 is 2.47 bits per heavy atom. The largest absolute Gasteiger partial charge is 0.416 e. The fourth-order valence-corrected chi connectivity index (χ4v) is 3.83. The van der Waals surface area contributed by atoms with Crippen molar-refractivity contribution in [2.75, 3.05) is 13.1 Å². The average Bonchev–Trinajstić information content (AvgIpc) is 2.73. The minimum Gasteiger partial charge on any atom is -0.338 e. The Kier molecular flexibility index (Phi) is 4.97. The number of aromatic amines is 2. The van der Waals surface area contributed by atoms with Gasteiger partial charge in [-0.05, 0) is 42.7 Å². The summed E-state index contributed by atoms with van der Waals surface area (Å²) in [7, 11) is 0. The van der Waals surface area contributed by atoms with E-state index in [2.05, 4.69) is 9.97 Å². The van der Waals surface area contributed by atoms with Crippen LogP contribution in [0.15, 0.2) is 52.1 Å². The number of amides is 1. The van der Waals surface area contributed by atoms with Crippen molar-refractivity contribution in [3.05, 3.63) is 79.9 Å². The maximum Gasteiger partial charge on any atom is 0.416 e. The maximum atomic E-state index is 13.0. The summed E-state index contributed by atoms with van der Waals surface area (Å²) in [5, 5.41) is 0. The molecule has 30 heavy (non-hydrogen) atoms. The van der Waals surface area contributed by atoms with Crippen LogP contribution in [0, 0.1) is 0 Å². The monoisotopic (exact) mass is 417 g/mol. The van der Waals surface area contributed by atoms with E-state index in [0.29, 0.717) is 48.1 Å². The lowest BCUT2D eigenvalue weighted by Gasteiger charge is -2.33. The van der Waals surface area contributed by atoms with Gasteiger partial charge in [-0.25, -0.2) is 0 Å². The van der Waals surface area contributed by atoms with Crippen LogP contribution in [-0.2, 0) is 6.18 Å². The molecule has 1 saturated heterocycles. The average molecular weight is 417 g/mol. The number of H-pyrrole nitrogens is 2. The number of nitrogens with one attached hydrogen (secondary N) is 2. The summed E-state index contributed by atoms with van der Waals surface area (Å²) >= 11 is 0. The molecule has 1 fully saturated rings. The van der Waals surface area contributed by atoms with Gasteiger partial charge in [-0.15, -0.1) is 0 Å². The zero-order valence-corrected chi connectivity index (χ0v) is 15.8. The van der Waals surface area contributed by atoms with Crippen LogP contribution in [0.3, 0.4) is 0 Å². The summed E-state index contributed by atoms with van der Waals surface area (Å²) in [4.78, 5) is 42.4. The third-order valence-electron chi connectivity index (χ3n) is 5.36. The maximum absolute atomic E-state index is 13.0. The normalized spacial score (nSPS) is 17.3. The van der Waals surface area contributed by atoms with Gasteiger partial charge in [0.05, 0.1) is 16.6 Å².